The quantitative estimate of drug-likeness (QED) is 0.670. The molecule has 1 fully saturated rings. The first kappa shape index (κ1) is 18.0. The second-order valence-corrected chi connectivity index (χ2v) is 7.93. The molecule has 3 aromatic heterocycles. The van der Waals surface area contributed by atoms with Gasteiger partial charge >= 0.3 is 0 Å². The van der Waals surface area contributed by atoms with Gasteiger partial charge in [0.15, 0.2) is 0 Å². The number of nitrogens with zero attached hydrogens (tertiary/aromatic N) is 6. The van der Waals surface area contributed by atoms with E-state index in [2.05, 4.69) is 40.6 Å². The fourth-order valence-corrected chi connectivity index (χ4v) is 4.37. The minimum atomic E-state index is -0.267. The molecule has 148 valence electrons. The number of rotatable bonds is 4. The number of pyridine rings is 2. The predicted molar refractivity (Wildman–Crippen MR) is 111 cm³/mol. The number of aromatic nitrogens is 4. The van der Waals surface area contributed by atoms with Gasteiger partial charge in [-0.05, 0) is 23.3 Å². The lowest BCUT2D eigenvalue weighted by Crippen LogP contribution is -2.43. The molecule has 5 rings (SSSR count). The molecule has 3 aromatic rings. The van der Waals surface area contributed by atoms with Gasteiger partial charge in [0.25, 0.3) is 5.91 Å². The Balaban J connectivity index is 1.30. The molecule has 0 aromatic carbocycles. The summed E-state index contributed by atoms with van der Waals surface area (Å²) in [6.45, 7) is 5.10. The Labute approximate surface area is 171 Å². The molecule has 0 aliphatic carbocycles. The summed E-state index contributed by atoms with van der Waals surface area (Å²) in [7, 11) is 0. The van der Waals surface area contributed by atoms with Crippen LogP contribution in [-0.4, -0.2) is 52.3 Å². The van der Waals surface area contributed by atoms with Crippen LogP contribution >= 0.6 is 11.3 Å². The lowest BCUT2D eigenvalue weighted by molar-refractivity contribution is 0.102. The van der Waals surface area contributed by atoms with Gasteiger partial charge in [-0.15, -0.1) is 10.2 Å². The Morgan fingerprint density at radius 1 is 1.00 bits per heavy atom. The number of piperazine rings is 1. The van der Waals surface area contributed by atoms with Crippen LogP contribution in [0.1, 0.15) is 20.9 Å². The van der Waals surface area contributed by atoms with E-state index in [1.165, 1.54) is 22.5 Å². The van der Waals surface area contributed by atoms with Gasteiger partial charge in [-0.3, -0.25) is 14.8 Å². The monoisotopic (exact) mass is 408 g/mol. The number of fused-ring (bicyclic) bond motifs is 1. The first-order chi connectivity index (χ1) is 14.3. The third kappa shape index (κ3) is 3.64. The summed E-state index contributed by atoms with van der Waals surface area (Å²) in [5.74, 6) is -0.267. The van der Waals surface area contributed by atoms with Gasteiger partial charge in [0.1, 0.15) is 0 Å². The third-order valence-corrected chi connectivity index (χ3v) is 6.09. The average molecular weight is 408 g/mol. The van der Waals surface area contributed by atoms with Crippen LogP contribution in [0.15, 0.2) is 36.9 Å². The molecule has 0 bridgehead atoms. The second-order valence-electron chi connectivity index (χ2n) is 6.97. The number of carbonyl (C=O) groups is 1. The average Bonchev–Trinajstić information content (AvgIpc) is 3.42. The molecule has 2 aliphatic rings. The van der Waals surface area contributed by atoms with Crippen LogP contribution in [0, 0.1) is 0 Å². The van der Waals surface area contributed by atoms with Crippen LogP contribution in [0.4, 0.5) is 16.5 Å². The highest BCUT2D eigenvalue weighted by atomic mass is 32.1. The maximum Gasteiger partial charge on any atom is 0.286 e. The Hall–Kier alpha value is -3.11. The van der Waals surface area contributed by atoms with Crippen molar-refractivity contribution in [3.8, 4) is 0 Å². The van der Waals surface area contributed by atoms with Crippen molar-refractivity contribution in [2.75, 3.05) is 41.3 Å². The Kier molecular flexibility index (Phi) is 4.78. The van der Waals surface area contributed by atoms with E-state index in [4.69, 9.17) is 0 Å². The highest BCUT2D eigenvalue weighted by molar-refractivity contribution is 7.17. The van der Waals surface area contributed by atoms with Crippen LogP contribution in [0.3, 0.4) is 0 Å². The molecule has 0 atom stereocenters. The van der Waals surface area contributed by atoms with Crippen molar-refractivity contribution in [3.63, 3.8) is 0 Å². The van der Waals surface area contributed by atoms with E-state index in [0.717, 1.165) is 50.1 Å². The molecule has 29 heavy (non-hydrogen) atoms. The molecule has 2 N–H and O–H groups in total. The summed E-state index contributed by atoms with van der Waals surface area (Å²) in [6.07, 6.45) is 7.10. The van der Waals surface area contributed by atoms with E-state index in [-0.39, 0.29) is 5.91 Å². The highest BCUT2D eigenvalue weighted by Gasteiger charge is 2.24. The molecule has 1 saturated heterocycles. The zero-order valence-corrected chi connectivity index (χ0v) is 16.5. The van der Waals surface area contributed by atoms with Crippen molar-refractivity contribution >= 4 is 33.8 Å². The van der Waals surface area contributed by atoms with Gasteiger partial charge < -0.3 is 20.4 Å². The molecule has 0 unspecified atom stereocenters. The number of hydrogen-bond donors (Lipinski definition) is 2. The number of carbonyl (C=O) groups excluding carboxylic acids is 1. The van der Waals surface area contributed by atoms with Gasteiger partial charge in [0.2, 0.25) is 10.1 Å². The largest absolute Gasteiger partial charge is 0.367 e. The summed E-state index contributed by atoms with van der Waals surface area (Å²) in [5.41, 5.74) is 4.08. The summed E-state index contributed by atoms with van der Waals surface area (Å²) in [6, 6.07) is 3.95. The number of nitrogens with one attached hydrogen (secondary N) is 2. The molecule has 10 heteroatoms. The minimum absolute atomic E-state index is 0.267. The SMILES string of the molecule is O=C(Nc1cnccc1N1CCNCC1)c1nnc(N2Cc3ccncc3C2)s1. The standard InChI is InChI=1S/C19H20N8OS/c28-17(23-15-10-22-4-2-16(15)26-7-5-20-6-8-26)18-24-25-19(29-18)27-11-13-1-3-21-9-14(13)12-27/h1-4,9-10,20H,5-8,11-12H2,(H,23,28). The summed E-state index contributed by atoms with van der Waals surface area (Å²) in [5, 5.41) is 15.7. The maximum atomic E-state index is 12.8. The summed E-state index contributed by atoms with van der Waals surface area (Å²) >= 11 is 1.30. The van der Waals surface area contributed by atoms with E-state index >= 15 is 0 Å². The molecule has 1 amide bonds. The van der Waals surface area contributed by atoms with Gasteiger partial charge in [-0.25, -0.2) is 0 Å². The van der Waals surface area contributed by atoms with Gasteiger partial charge in [-0.2, -0.15) is 0 Å². The van der Waals surface area contributed by atoms with Gasteiger partial charge in [-0.1, -0.05) is 11.3 Å². The number of hydrogen-bond acceptors (Lipinski definition) is 9. The molecule has 5 heterocycles. The third-order valence-electron chi connectivity index (χ3n) is 5.11. The van der Waals surface area contributed by atoms with Crippen molar-refractivity contribution in [2.45, 2.75) is 13.1 Å². The normalized spacial score (nSPS) is 16.0. The molecular formula is C19H20N8OS. The number of anilines is 3. The van der Waals surface area contributed by atoms with E-state index in [9.17, 15) is 4.79 Å². The number of amides is 1. The smallest absolute Gasteiger partial charge is 0.286 e. The van der Waals surface area contributed by atoms with Crippen molar-refractivity contribution < 1.29 is 4.79 Å². The van der Waals surface area contributed by atoms with Crippen molar-refractivity contribution in [1.82, 2.24) is 25.5 Å². The zero-order valence-electron chi connectivity index (χ0n) is 15.7. The van der Waals surface area contributed by atoms with Crippen molar-refractivity contribution in [2.24, 2.45) is 0 Å². The van der Waals surface area contributed by atoms with Crippen molar-refractivity contribution in [3.05, 3.63) is 53.1 Å². The first-order valence-corrected chi connectivity index (χ1v) is 10.3. The Morgan fingerprint density at radius 2 is 1.79 bits per heavy atom. The maximum absolute atomic E-state index is 12.8. The Morgan fingerprint density at radius 3 is 2.66 bits per heavy atom. The van der Waals surface area contributed by atoms with Crippen LogP contribution in [0.2, 0.25) is 0 Å². The Bertz CT molecular complexity index is 1010. The van der Waals surface area contributed by atoms with Crippen LogP contribution in [0.5, 0.6) is 0 Å². The van der Waals surface area contributed by atoms with Crippen LogP contribution in [-0.2, 0) is 13.1 Å². The fraction of sp³-hybridized carbons (Fsp3) is 0.316. The zero-order chi connectivity index (χ0) is 19.6. The molecule has 0 saturated carbocycles. The first-order valence-electron chi connectivity index (χ1n) is 9.49. The summed E-state index contributed by atoms with van der Waals surface area (Å²) < 4.78 is 0. The lowest BCUT2D eigenvalue weighted by atomic mass is 10.2. The van der Waals surface area contributed by atoms with E-state index in [1.54, 1.807) is 18.6 Å². The van der Waals surface area contributed by atoms with Gasteiger partial charge in [0.05, 0.1) is 17.6 Å². The van der Waals surface area contributed by atoms with E-state index < -0.39 is 0 Å². The minimum Gasteiger partial charge on any atom is -0.367 e. The molecule has 9 nitrogen and oxygen atoms in total. The summed E-state index contributed by atoms with van der Waals surface area (Å²) in [4.78, 5) is 25.5. The molecule has 0 radical (unpaired) electrons. The van der Waals surface area contributed by atoms with E-state index in [1.807, 2.05) is 18.3 Å². The van der Waals surface area contributed by atoms with Crippen LogP contribution < -0.4 is 20.4 Å². The van der Waals surface area contributed by atoms with E-state index in [0.29, 0.717) is 10.7 Å². The lowest BCUT2D eigenvalue weighted by Gasteiger charge is -2.30. The highest BCUT2D eigenvalue weighted by Crippen LogP contribution is 2.31. The molecular weight excluding hydrogens is 388 g/mol. The predicted octanol–water partition coefficient (Wildman–Crippen LogP) is 1.51. The van der Waals surface area contributed by atoms with Gasteiger partial charge in [0, 0.05) is 57.9 Å². The van der Waals surface area contributed by atoms with Crippen LogP contribution in [0.25, 0.3) is 0 Å². The topological polar surface area (TPSA) is 99.2 Å². The fourth-order valence-electron chi connectivity index (χ4n) is 3.63. The molecule has 2 aliphatic heterocycles. The van der Waals surface area contributed by atoms with Crippen molar-refractivity contribution in [1.29, 1.82) is 0 Å². The second kappa shape index (κ2) is 7.72. The molecule has 0 spiro atoms.